The summed E-state index contributed by atoms with van der Waals surface area (Å²) in [7, 11) is 3.52. The molecule has 2 aromatic rings. The Morgan fingerprint density at radius 3 is 2.47 bits per heavy atom. The Bertz CT molecular complexity index is 1090. The number of carbonyl (C=O) groups is 2. The fourth-order valence-electron chi connectivity index (χ4n) is 4.79. The summed E-state index contributed by atoms with van der Waals surface area (Å²) in [6.07, 6.45) is 0.283. The molecule has 9 heteroatoms. The first-order valence-electron chi connectivity index (χ1n) is 11.5. The molecule has 2 atom stereocenters. The summed E-state index contributed by atoms with van der Waals surface area (Å²) in [6, 6.07) is 8.50. The van der Waals surface area contributed by atoms with Crippen LogP contribution in [-0.4, -0.2) is 38.0 Å². The summed E-state index contributed by atoms with van der Waals surface area (Å²) in [5, 5.41) is 9.23. The van der Waals surface area contributed by atoms with Crippen molar-refractivity contribution in [1.82, 2.24) is 5.32 Å². The van der Waals surface area contributed by atoms with E-state index in [0.717, 1.165) is 49.1 Å². The molecule has 1 aliphatic heterocycles. The summed E-state index contributed by atoms with van der Waals surface area (Å²) < 4.78 is 40.3. The average molecular weight is 475 g/mol. The third-order valence-corrected chi connectivity index (χ3v) is 6.76. The molecule has 3 N–H and O–H groups in total. The Kier molecular flexibility index (Phi) is 6.84. The fraction of sp³-hybridized carbons (Fsp3) is 0.440. The Morgan fingerprint density at radius 2 is 1.76 bits per heavy atom. The second-order valence-corrected chi connectivity index (χ2v) is 8.94. The van der Waals surface area contributed by atoms with Crippen molar-refractivity contribution in [3.05, 3.63) is 53.1 Å². The Labute approximate surface area is 196 Å². The highest BCUT2D eigenvalue weighted by molar-refractivity contribution is 6.08. The van der Waals surface area contributed by atoms with Gasteiger partial charge >= 0.3 is 6.18 Å². The first kappa shape index (κ1) is 24.1. The first-order chi connectivity index (χ1) is 16.2. The van der Waals surface area contributed by atoms with E-state index in [0.29, 0.717) is 18.5 Å². The van der Waals surface area contributed by atoms with Gasteiger partial charge in [-0.1, -0.05) is 18.9 Å². The summed E-state index contributed by atoms with van der Waals surface area (Å²) in [5.41, 5.74) is 1.69. The Morgan fingerprint density at radius 1 is 1.03 bits per heavy atom. The van der Waals surface area contributed by atoms with Crippen molar-refractivity contribution in [2.45, 2.75) is 56.8 Å². The number of likely N-dealkylation sites (N-methyl/N-ethyl adjacent to an activating group) is 1. The SMILES string of the molecule is CN[C@H]1CCCC[C@@H]1Nc1cc(C(F)(F)F)ccc1C(=O)Nc1ccc2c(c1)N(C)C(=O)CC2. The van der Waals surface area contributed by atoms with Gasteiger partial charge in [0.05, 0.1) is 11.1 Å². The lowest BCUT2D eigenvalue weighted by Gasteiger charge is -2.33. The van der Waals surface area contributed by atoms with Gasteiger partial charge in [-0.15, -0.1) is 0 Å². The zero-order valence-electron chi connectivity index (χ0n) is 19.3. The number of amides is 2. The number of fused-ring (bicyclic) bond motifs is 1. The number of nitrogens with zero attached hydrogens (tertiary/aromatic N) is 1. The van der Waals surface area contributed by atoms with Gasteiger partial charge in [-0.2, -0.15) is 13.2 Å². The number of rotatable bonds is 5. The molecule has 0 radical (unpaired) electrons. The molecule has 1 fully saturated rings. The standard InChI is InChI=1S/C25H29F3N4O2/c1-29-19-5-3-4-6-20(19)31-21-13-16(25(26,27)28)9-11-18(21)24(34)30-17-10-7-15-8-12-23(33)32(2)22(15)14-17/h7,9-11,13-14,19-20,29,31H,3-6,8,12H2,1-2H3,(H,30,34)/t19-,20-/m0/s1. The molecule has 2 aromatic carbocycles. The molecule has 0 aromatic heterocycles. The van der Waals surface area contributed by atoms with Crippen molar-refractivity contribution in [2.24, 2.45) is 0 Å². The van der Waals surface area contributed by atoms with Crippen LogP contribution in [0.15, 0.2) is 36.4 Å². The fourth-order valence-corrected chi connectivity index (χ4v) is 4.79. The van der Waals surface area contributed by atoms with E-state index < -0.39 is 17.6 Å². The zero-order chi connectivity index (χ0) is 24.5. The van der Waals surface area contributed by atoms with Gasteiger partial charge in [-0.25, -0.2) is 0 Å². The number of alkyl halides is 3. The average Bonchev–Trinajstić information content (AvgIpc) is 2.81. The third-order valence-electron chi connectivity index (χ3n) is 6.76. The molecule has 2 amide bonds. The predicted octanol–water partition coefficient (Wildman–Crippen LogP) is 4.81. The van der Waals surface area contributed by atoms with E-state index in [9.17, 15) is 22.8 Å². The normalized spacial score (nSPS) is 20.6. The van der Waals surface area contributed by atoms with Crippen molar-refractivity contribution in [3.63, 3.8) is 0 Å². The number of nitrogens with one attached hydrogen (secondary N) is 3. The van der Waals surface area contributed by atoms with Crippen molar-refractivity contribution in [2.75, 3.05) is 29.6 Å². The maximum atomic E-state index is 13.4. The largest absolute Gasteiger partial charge is 0.416 e. The predicted molar refractivity (Wildman–Crippen MR) is 126 cm³/mol. The number of hydrogen-bond donors (Lipinski definition) is 3. The molecule has 0 spiro atoms. The van der Waals surface area contributed by atoms with E-state index >= 15 is 0 Å². The van der Waals surface area contributed by atoms with Crippen LogP contribution in [0.1, 0.15) is 53.6 Å². The zero-order valence-corrected chi connectivity index (χ0v) is 19.3. The van der Waals surface area contributed by atoms with Crippen LogP contribution < -0.4 is 20.9 Å². The van der Waals surface area contributed by atoms with Crippen LogP contribution in [-0.2, 0) is 17.4 Å². The monoisotopic (exact) mass is 474 g/mol. The number of benzene rings is 2. The van der Waals surface area contributed by atoms with Crippen LogP contribution in [0.5, 0.6) is 0 Å². The molecule has 34 heavy (non-hydrogen) atoms. The molecule has 2 aliphatic rings. The van der Waals surface area contributed by atoms with E-state index in [-0.39, 0.29) is 29.2 Å². The maximum absolute atomic E-state index is 13.4. The van der Waals surface area contributed by atoms with Crippen molar-refractivity contribution >= 4 is 28.9 Å². The van der Waals surface area contributed by atoms with Crippen molar-refractivity contribution in [1.29, 1.82) is 0 Å². The molecule has 0 bridgehead atoms. The maximum Gasteiger partial charge on any atom is 0.416 e. The van der Waals surface area contributed by atoms with Gasteiger partial charge in [-0.3, -0.25) is 9.59 Å². The number of carbonyl (C=O) groups excluding carboxylic acids is 2. The van der Waals surface area contributed by atoms with Crippen LogP contribution >= 0.6 is 0 Å². The summed E-state index contributed by atoms with van der Waals surface area (Å²) in [5.74, 6) is -0.519. The Hall–Kier alpha value is -3.07. The second kappa shape index (κ2) is 9.66. The molecule has 4 rings (SSSR count). The minimum absolute atomic E-state index is 0.00299. The van der Waals surface area contributed by atoms with Crippen LogP contribution in [0.2, 0.25) is 0 Å². The lowest BCUT2D eigenvalue weighted by Crippen LogP contribution is -2.44. The first-order valence-corrected chi connectivity index (χ1v) is 11.5. The van der Waals surface area contributed by atoms with Crippen molar-refractivity contribution in [3.8, 4) is 0 Å². The lowest BCUT2D eigenvalue weighted by molar-refractivity contribution is -0.137. The number of halogens is 3. The van der Waals surface area contributed by atoms with Gasteiger partial charge in [0.15, 0.2) is 0 Å². The Balaban J connectivity index is 1.62. The van der Waals surface area contributed by atoms with Gasteiger partial charge in [0.25, 0.3) is 5.91 Å². The lowest BCUT2D eigenvalue weighted by atomic mass is 9.90. The number of aryl methyl sites for hydroxylation is 1. The molecule has 1 aliphatic carbocycles. The van der Waals surface area contributed by atoms with Crippen LogP contribution in [0, 0.1) is 0 Å². The molecule has 0 unspecified atom stereocenters. The van der Waals surface area contributed by atoms with Crippen molar-refractivity contribution < 1.29 is 22.8 Å². The summed E-state index contributed by atoms with van der Waals surface area (Å²) in [6.45, 7) is 0. The van der Waals surface area contributed by atoms with Crippen LogP contribution in [0.3, 0.4) is 0 Å². The van der Waals surface area contributed by atoms with Gasteiger partial charge in [0.2, 0.25) is 5.91 Å². The van der Waals surface area contributed by atoms with Crippen LogP contribution in [0.25, 0.3) is 0 Å². The van der Waals surface area contributed by atoms with Gasteiger partial charge in [0.1, 0.15) is 0 Å². The van der Waals surface area contributed by atoms with E-state index in [1.54, 1.807) is 24.1 Å². The smallest absolute Gasteiger partial charge is 0.380 e. The minimum Gasteiger partial charge on any atom is -0.380 e. The third kappa shape index (κ3) is 5.04. The highest BCUT2D eigenvalue weighted by Gasteiger charge is 2.33. The van der Waals surface area contributed by atoms with Gasteiger partial charge in [0, 0.05) is 42.6 Å². The number of anilines is 3. The van der Waals surface area contributed by atoms with Crippen LogP contribution in [0.4, 0.5) is 30.2 Å². The summed E-state index contributed by atoms with van der Waals surface area (Å²) in [4.78, 5) is 26.8. The van der Waals surface area contributed by atoms with E-state index in [4.69, 9.17) is 0 Å². The molecule has 1 heterocycles. The minimum atomic E-state index is -4.52. The molecule has 182 valence electrons. The second-order valence-electron chi connectivity index (χ2n) is 8.94. The molecular formula is C25H29F3N4O2. The highest BCUT2D eigenvalue weighted by Crippen LogP contribution is 2.34. The van der Waals surface area contributed by atoms with Gasteiger partial charge in [-0.05, 0) is 62.2 Å². The van der Waals surface area contributed by atoms with E-state index in [1.165, 1.54) is 6.07 Å². The molecule has 1 saturated carbocycles. The highest BCUT2D eigenvalue weighted by atomic mass is 19.4. The van der Waals surface area contributed by atoms with E-state index in [2.05, 4.69) is 16.0 Å². The number of hydrogen-bond acceptors (Lipinski definition) is 4. The summed E-state index contributed by atoms with van der Waals surface area (Å²) >= 11 is 0. The molecular weight excluding hydrogens is 445 g/mol. The molecule has 0 saturated heterocycles. The van der Waals surface area contributed by atoms with Gasteiger partial charge < -0.3 is 20.9 Å². The topological polar surface area (TPSA) is 73.5 Å². The van der Waals surface area contributed by atoms with E-state index in [1.807, 2.05) is 13.1 Å². The molecule has 6 nitrogen and oxygen atoms in total. The quantitative estimate of drug-likeness (QED) is 0.582.